The quantitative estimate of drug-likeness (QED) is 0.655. The Hall–Kier alpha value is -1.66. The number of carbonyl (C=O) groups is 1. The van der Waals surface area contributed by atoms with E-state index in [-0.39, 0.29) is 18.4 Å². The molecule has 0 aliphatic heterocycles. The summed E-state index contributed by atoms with van der Waals surface area (Å²) in [5.74, 6) is 0.280. The molecule has 0 aromatic carbocycles. The van der Waals surface area contributed by atoms with Gasteiger partial charge in [0.1, 0.15) is 5.75 Å². The molecule has 0 radical (unpaired) electrons. The first kappa shape index (κ1) is 20.6. The normalized spacial score (nSPS) is 24.1. The van der Waals surface area contributed by atoms with E-state index >= 15 is 0 Å². The van der Waals surface area contributed by atoms with Gasteiger partial charge in [-0.2, -0.15) is 0 Å². The number of aromatic nitrogens is 1. The van der Waals surface area contributed by atoms with E-state index in [9.17, 15) is 15.0 Å². The number of hydrogen-bond donors (Lipinski definition) is 3. The number of carboxylic acids is 1. The Morgan fingerprint density at radius 1 is 1.38 bits per heavy atom. The predicted octanol–water partition coefficient (Wildman–Crippen LogP) is 2.77. The van der Waals surface area contributed by atoms with Crippen molar-refractivity contribution in [2.75, 3.05) is 0 Å². The summed E-state index contributed by atoms with van der Waals surface area (Å²) in [5.41, 5.74) is 4.44. The first-order valence-electron chi connectivity index (χ1n) is 9.53. The monoisotopic (exact) mass is 364 g/mol. The van der Waals surface area contributed by atoms with E-state index in [4.69, 9.17) is 10.5 Å². The second-order valence-electron chi connectivity index (χ2n) is 8.12. The van der Waals surface area contributed by atoms with Crippen molar-refractivity contribution in [2.45, 2.75) is 77.0 Å². The van der Waals surface area contributed by atoms with E-state index in [0.717, 1.165) is 31.6 Å². The van der Waals surface area contributed by atoms with E-state index in [1.165, 1.54) is 0 Å². The third kappa shape index (κ3) is 5.42. The van der Waals surface area contributed by atoms with Crippen LogP contribution in [0.5, 0.6) is 5.75 Å². The number of rotatable bonds is 8. The van der Waals surface area contributed by atoms with Gasteiger partial charge >= 0.3 is 5.97 Å². The lowest BCUT2D eigenvalue weighted by Crippen LogP contribution is -2.56. The van der Waals surface area contributed by atoms with Crippen LogP contribution in [-0.4, -0.2) is 38.9 Å². The zero-order valence-electron chi connectivity index (χ0n) is 16.0. The van der Waals surface area contributed by atoms with Crippen LogP contribution in [0.1, 0.15) is 58.6 Å². The van der Waals surface area contributed by atoms with Crippen molar-refractivity contribution in [3.05, 3.63) is 24.0 Å². The predicted molar refractivity (Wildman–Crippen MR) is 100 cm³/mol. The van der Waals surface area contributed by atoms with Crippen LogP contribution in [0.25, 0.3) is 0 Å². The van der Waals surface area contributed by atoms with Gasteiger partial charge in [-0.05, 0) is 50.0 Å². The molecule has 1 aromatic rings. The van der Waals surface area contributed by atoms with Crippen LogP contribution in [0.2, 0.25) is 0 Å². The van der Waals surface area contributed by atoms with E-state index in [0.29, 0.717) is 17.9 Å². The standard InChI is InChI=1S/C20H32N2O4/c1-13(2)10-18(21)20(25,19(23)24)12-15-11-17(8-9-22-15)26-16-6-4-14(3)5-7-16/h8-9,11,13-14,16,18,25H,4-7,10,12,21H2,1-3H3,(H,23,24)/t14?,16?,18-,20-/m0/s1. The van der Waals surface area contributed by atoms with Gasteiger partial charge in [-0.25, -0.2) is 4.79 Å². The molecule has 0 bridgehead atoms. The SMILES string of the molecule is CC(C)C[C@H](N)[C@@](O)(Cc1cc(OC2CCC(C)CC2)ccn1)C(=O)O. The van der Waals surface area contributed by atoms with Crippen molar-refractivity contribution < 1.29 is 19.7 Å². The highest BCUT2D eigenvalue weighted by Crippen LogP contribution is 2.28. The minimum absolute atomic E-state index is 0.144. The summed E-state index contributed by atoms with van der Waals surface area (Å²) in [5, 5.41) is 20.2. The number of nitrogens with zero attached hydrogens (tertiary/aromatic N) is 1. The van der Waals surface area contributed by atoms with Crippen molar-refractivity contribution in [1.29, 1.82) is 0 Å². The highest BCUT2D eigenvalue weighted by molar-refractivity contribution is 5.78. The zero-order chi connectivity index (χ0) is 19.3. The highest BCUT2D eigenvalue weighted by Gasteiger charge is 2.43. The number of carboxylic acid groups (broad SMARTS) is 1. The second-order valence-corrected chi connectivity index (χ2v) is 8.12. The Bertz CT molecular complexity index is 599. The van der Waals surface area contributed by atoms with Crippen LogP contribution >= 0.6 is 0 Å². The lowest BCUT2D eigenvalue weighted by molar-refractivity contribution is -0.161. The molecule has 1 aliphatic carbocycles. The van der Waals surface area contributed by atoms with E-state index in [1.807, 2.05) is 13.8 Å². The molecule has 0 unspecified atom stereocenters. The Balaban J connectivity index is 2.08. The molecule has 0 spiro atoms. The van der Waals surface area contributed by atoms with Crippen LogP contribution in [0.4, 0.5) is 0 Å². The molecule has 6 heteroatoms. The van der Waals surface area contributed by atoms with Crippen molar-refractivity contribution in [3.8, 4) is 5.75 Å². The average Bonchev–Trinajstić information content (AvgIpc) is 2.56. The number of nitrogens with two attached hydrogens (primary N) is 1. The molecule has 1 aromatic heterocycles. The number of pyridine rings is 1. The van der Waals surface area contributed by atoms with Gasteiger partial charge in [0.15, 0.2) is 5.60 Å². The van der Waals surface area contributed by atoms with Crippen LogP contribution < -0.4 is 10.5 Å². The molecule has 1 fully saturated rings. The summed E-state index contributed by atoms with van der Waals surface area (Å²) in [6.45, 7) is 6.15. The maximum Gasteiger partial charge on any atom is 0.337 e. The molecular formula is C20H32N2O4. The van der Waals surface area contributed by atoms with Gasteiger partial charge in [-0.1, -0.05) is 20.8 Å². The molecule has 0 amide bonds. The van der Waals surface area contributed by atoms with Gasteiger partial charge in [-0.15, -0.1) is 0 Å². The Morgan fingerprint density at radius 2 is 2.04 bits per heavy atom. The fraction of sp³-hybridized carbons (Fsp3) is 0.700. The second kappa shape index (κ2) is 8.82. The van der Waals surface area contributed by atoms with Crippen molar-refractivity contribution in [2.24, 2.45) is 17.6 Å². The molecule has 1 saturated carbocycles. The molecule has 146 valence electrons. The largest absolute Gasteiger partial charge is 0.490 e. The van der Waals surface area contributed by atoms with Crippen LogP contribution in [-0.2, 0) is 11.2 Å². The lowest BCUT2D eigenvalue weighted by atomic mass is 9.84. The topological polar surface area (TPSA) is 106 Å². The molecule has 4 N–H and O–H groups in total. The minimum Gasteiger partial charge on any atom is -0.490 e. The van der Waals surface area contributed by atoms with Crippen molar-refractivity contribution >= 4 is 5.97 Å². The van der Waals surface area contributed by atoms with Gasteiger partial charge in [-0.3, -0.25) is 4.98 Å². The molecule has 2 rings (SSSR count). The molecule has 6 nitrogen and oxygen atoms in total. The highest BCUT2D eigenvalue weighted by atomic mass is 16.5. The smallest absolute Gasteiger partial charge is 0.337 e. The molecular weight excluding hydrogens is 332 g/mol. The summed E-state index contributed by atoms with van der Waals surface area (Å²) < 4.78 is 6.04. The van der Waals surface area contributed by atoms with Gasteiger partial charge in [0, 0.05) is 30.4 Å². The Morgan fingerprint density at radius 3 is 2.62 bits per heavy atom. The Labute approximate surface area is 155 Å². The van der Waals surface area contributed by atoms with Crippen molar-refractivity contribution in [3.63, 3.8) is 0 Å². The van der Waals surface area contributed by atoms with Gasteiger partial charge in [0.2, 0.25) is 0 Å². The van der Waals surface area contributed by atoms with E-state index in [1.54, 1.807) is 18.3 Å². The van der Waals surface area contributed by atoms with Gasteiger partial charge in [0.25, 0.3) is 0 Å². The number of aliphatic carboxylic acids is 1. The summed E-state index contributed by atoms with van der Waals surface area (Å²) in [4.78, 5) is 15.9. The zero-order valence-corrected chi connectivity index (χ0v) is 16.0. The fourth-order valence-corrected chi connectivity index (χ4v) is 3.51. The maximum atomic E-state index is 11.7. The number of aliphatic hydroxyl groups is 1. The summed E-state index contributed by atoms with van der Waals surface area (Å²) in [7, 11) is 0. The maximum absolute atomic E-state index is 11.7. The lowest BCUT2D eigenvalue weighted by Gasteiger charge is -2.31. The van der Waals surface area contributed by atoms with Crippen LogP contribution in [0.3, 0.4) is 0 Å². The van der Waals surface area contributed by atoms with Gasteiger partial charge in [0.05, 0.1) is 6.10 Å². The molecule has 0 saturated heterocycles. The third-order valence-electron chi connectivity index (χ3n) is 5.21. The first-order chi connectivity index (χ1) is 12.2. The molecule has 2 atom stereocenters. The number of ether oxygens (including phenoxy) is 1. The molecule has 1 aliphatic rings. The summed E-state index contributed by atoms with van der Waals surface area (Å²) >= 11 is 0. The minimum atomic E-state index is -2.05. The summed E-state index contributed by atoms with van der Waals surface area (Å²) in [6.07, 6.45) is 6.41. The van der Waals surface area contributed by atoms with Crippen molar-refractivity contribution in [1.82, 2.24) is 4.98 Å². The third-order valence-corrected chi connectivity index (χ3v) is 5.21. The summed E-state index contributed by atoms with van der Waals surface area (Å²) in [6, 6.07) is 2.62. The van der Waals surface area contributed by atoms with E-state index < -0.39 is 17.6 Å². The Kier molecular flexibility index (Phi) is 7.01. The number of hydrogen-bond acceptors (Lipinski definition) is 5. The van der Waals surface area contributed by atoms with Crippen LogP contribution in [0, 0.1) is 11.8 Å². The van der Waals surface area contributed by atoms with E-state index in [2.05, 4.69) is 11.9 Å². The van der Waals surface area contributed by atoms with Crippen LogP contribution in [0.15, 0.2) is 18.3 Å². The fourth-order valence-electron chi connectivity index (χ4n) is 3.51. The average molecular weight is 364 g/mol. The molecule has 1 heterocycles. The molecule has 26 heavy (non-hydrogen) atoms. The van der Waals surface area contributed by atoms with Gasteiger partial charge < -0.3 is 20.7 Å². The first-order valence-corrected chi connectivity index (χ1v) is 9.53.